The largest absolute Gasteiger partial charge is 0.497 e. The summed E-state index contributed by atoms with van der Waals surface area (Å²) < 4.78 is 15.7. The first-order valence-electron chi connectivity index (χ1n) is 6.27. The molecule has 2 aromatic carbocycles. The molecule has 2 aromatic rings. The van der Waals surface area contributed by atoms with E-state index in [0.717, 1.165) is 0 Å². The number of hydrogen-bond donors (Lipinski definition) is 0. The van der Waals surface area contributed by atoms with E-state index in [1.807, 2.05) is 0 Å². The molecule has 0 radical (unpaired) electrons. The predicted octanol–water partition coefficient (Wildman–Crippen LogP) is 3.62. The van der Waals surface area contributed by atoms with Crippen LogP contribution in [0.2, 0.25) is 5.02 Å². The summed E-state index contributed by atoms with van der Waals surface area (Å²) in [6, 6.07) is 11.9. The fourth-order valence-electron chi connectivity index (χ4n) is 1.82. The predicted molar refractivity (Wildman–Crippen MR) is 80.8 cm³/mol. The van der Waals surface area contributed by atoms with Crippen molar-refractivity contribution in [3.63, 3.8) is 0 Å². The van der Waals surface area contributed by atoms with Crippen molar-refractivity contribution in [3.05, 3.63) is 53.1 Å². The highest BCUT2D eigenvalue weighted by atomic mass is 35.5. The number of ketones is 1. The van der Waals surface area contributed by atoms with Gasteiger partial charge in [0.05, 0.1) is 19.8 Å². The Morgan fingerprint density at radius 1 is 1.05 bits per heavy atom. The molecule has 0 spiro atoms. The van der Waals surface area contributed by atoms with E-state index in [1.54, 1.807) is 49.6 Å². The Kier molecular flexibility index (Phi) is 5.06. The first kappa shape index (κ1) is 15.2. The van der Waals surface area contributed by atoms with Crippen molar-refractivity contribution in [3.8, 4) is 17.2 Å². The van der Waals surface area contributed by atoms with Crippen molar-refractivity contribution in [1.82, 2.24) is 0 Å². The van der Waals surface area contributed by atoms with E-state index < -0.39 is 0 Å². The molecule has 5 heteroatoms. The number of halogens is 1. The molecule has 4 nitrogen and oxygen atoms in total. The minimum Gasteiger partial charge on any atom is -0.497 e. The summed E-state index contributed by atoms with van der Waals surface area (Å²) >= 11 is 5.86. The average Bonchev–Trinajstić information content (AvgIpc) is 2.52. The lowest BCUT2D eigenvalue weighted by molar-refractivity contribution is 0.0918. The summed E-state index contributed by atoms with van der Waals surface area (Å²) in [6.07, 6.45) is 0. The monoisotopic (exact) mass is 306 g/mol. The fourth-order valence-corrected chi connectivity index (χ4v) is 2.00. The van der Waals surface area contributed by atoms with Crippen LogP contribution in [0.4, 0.5) is 0 Å². The number of Topliss-reactive ketones (excluding diaryl/α,β-unsaturated/α-hetero) is 1. The van der Waals surface area contributed by atoms with Crippen LogP contribution in [0.1, 0.15) is 10.4 Å². The third kappa shape index (κ3) is 3.89. The van der Waals surface area contributed by atoms with Crippen LogP contribution >= 0.6 is 11.6 Å². The second kappa shape index (κ2) is 6.99. The number of rotatable bonds is 6. The van der Waals surface area contributed by atoms with Gasteiger partial charge >= 0.3 is 0 Å². The standard InChI is InChI=1S/C16H15ClO4/c1-19-12-6-7-16(20-2)14(9-12)15(18)10-21-13-5-3-4-11(17)8-13/h3-9H,10H2,1-2H3. The minimum absolute atomic E-state index is 0.107. The van der Waals surface area contributed by atoms with Gasteiger partial charge in [0, 0.05) is 5.02 Å². The van der Waals surface area contributed by atoms with Gasteiger partial charge in [-0.05, 0) is 36.4 Å². The van der Waals surface area contributed by atoms with E-state index in [9.17, 15) is 4.79 Å². The van der Waals surface area contributed by atoms with E-state index in [-0.39, 0.29) is 12.4 Å². The van der Waals surface area contributed by atoms with Gasteiger partial charge in [0.2, 0.25) is 5.78 Å². The highest BCUT2D eigenvalue weighted by Crippen LogP contribution is 2.25. The Balaban J connectivity index is 2.12. The number of methoxy groups -OCH3 is 2. The second-order valence-electron chi connectivity index (χ2n) is 4.24. The first-order valence-corrected chi connectivity index (χ1v) is 6.65. The molecule has 0 aromatic heterocycles. The molecule has 0 N–H and O–H groups in total. The molecule has 0 atom stereocenters. The Bertz CT molecular complexity index is 640. The molecule has 0 unspecified atom stereocenters. The molecule has 0 aliphatic rings. The molecule has 0 saturated heterocycles. The fraction of sp³-hybridized carbons (Fsp3) is 0.188. The van der Waals surface area contributed by atoms with Crippen molar-refractivity contribution in [1.29, 1.82) is 0 Å². The van der Waals surface area contributed by atoms with E-state index in [2.05, 4.69) is 0 Å². The first-order chi connectivity index (χ1) is 10.1. The van der Waals surface area contributed by atoms with Crippen LogP contribution in [0, 0.1) is 0 Å². The molecule has 0 fully saturated rings. The Morgan fingerprint density at radius 3 is 2.52 bits per heavy atom. The van der Waals surface area contributed by atoms with E-state index in [1.165, 1.54) is 7.11 Å². The average molecular weight is 307 g/mol. The van der Waals surface area contributed by atoms with Crippen LogP contribution < -0.4 is 14.2 Å². The summed E-state index contributed by atoms with van der Waals surface area (Å²) in [4.78, 5) is 12.3. The molecule has 0 saturated carbocycles. The van der Waals surface area contributed by atoms with E-state index in [4.69, 9.17) is 25.8 Å². The normalized spacial score (nSPS) is 10.0. The van der Waals surface area contributed by atoms with Crippen LogP contribution in [0.25, 0.3) is 0 Å². The van der Waals surface area contributed by atoms with Gasteiger partial charge in [-0.15, -0.1) is 0 Å². The SMILES string of the molecule is COc1ccc(OC)c(C(=O)COc2cccc(Cl)c2)c1. The van der Waals surface area contributed by atoms with Gasteiger partial charge in [0.1, 0.15) is 17.2 Å². The lowest BCUT2D eigenvalue weighted by atomic mass is 10.1. The summed E-state index contributed by atoms with van der Waals surface area (Å²) in [5, 5.41) is 0.555. The van der Waals surface area contributed by atoms with Crippen LogP contribution in [0.15, 0.2) is 42.5 Å². The molecule has 0 bridgehead atoms. The van der Waals surface area contributed by atoms with Crippen molar-refractivity contribution in [2.24, 2.45) is 0 Å². The van der Waals surface area contributed by atoms with Gasteiger partial charge in [-0.1, -0.05) is 17.7 Å². The highest BCUT2D eigenvalue weighted by Gasteiger charge is 2.14. The van der Waals surface area contributed by atoms with Gasteiger partial charge in [0.15, 0.2) is 6.61 Å². The minimum atomic E-state index is -0.203. The van der Waals surface area contributed by atoms with Gasteiger partial charge in [-0.25, -0.2) is 0 Å². The van der Waals surface area contributed by atoms with Gasteiger partial charge in [0.25, 0.3) is 0 Å². The molecular weight excluding hydrogens is 292 g/mol. The highest BCUT2D eigenvalue weighted by molar-refractivity contribution is 6.30. The smallest absolute Gasteiger partial charge is 0.204 e. The van der Waals surface area contributed by atoms with E-state index in [0.29, 0.717) is 27.8 Å². The maximum atomic E-state index is 12.3. The summed E-state index contributed by atoms with van der Waals surface area (Å²) in [5.41, 5.74) is 0.416. The van der Waals surface area contributed by atoms with Gasteiger partial charge in [-0.2, -0.15) is 0 Å². The Hall–Kier alpha value is -2.20. The van der Waals surface area contributed by atoms with Crippen molar-refractivity contribution in [2.45, 2.75) is 0 Å². The summed E-state index contributed by atoms with van der Waals surface area (Å²) in [5.74, 6) is 1.40. The molecule has 2 rings (SSSR count). The lowest BCUT2D eigenvalue weighted by Gasteiger charge is -2.10. The molecule has 110 valence electrons. The molecule has 0 heterocycles. The number of ether oxygens (including phenoxy) is 3. The molecule has 0 amide bonds. The van der Waals surface area contributed by atoms with Crippen LogP contribution in [0.3, 0.4) is 0 Å². The maximum absolute atomic E-state index is 12.3. The van der Waals surface area contributed by atoms with Crippen LogP contribution in [-0.4, -0.2) is 26.6 Å². The zero-order valence-corrected chi connectivity index (χ0v) is 12.5. The maximum Gasteiger partial charge on any atom is 0.204 e. The number of hydrogen-bond acceptors (Lipinski definition) is 4. The van der Waals surface area contributed by atoms with Crippen LogP contribution in [-0.2, 0) is 0 Å². The zero-order chi connectivity index (χ0) is 15.2. The van der Waals surface area contributed by atoms with Gasteiger partial charge < -0.3 is 14.2 Å². The Morgan fingerprint density at radius 2 is 1.86 bits per heavy atom. The van der Waals surface area contributed by atoms with Gasteiger partial charge in [-0.3, -0.25) is 4.79 Å². The van der Waals surface area contributed by atoms with Crippen molar-refractivity contribution < 1.29 is 19.0 Å². The second-order valence-corrected chi connectivity index (χ2v) is 4.67. The van der Waals surface area contributed by atoms with Crippen LogP contribution in [0.5, 0.6) is 17.2 Å². The van der Waals surface area contributed by atoms with Crippen molar-refractivity contribution >= 4 is 17.4 Å². The third-order valence-electron chi connectivity index (χ3n) is 2.87. The summed E-state index contributed by atoms with van der Waals surface area (Å²) in [7, 11) is 3.05. The molecule has 21 heavy (non-hydrogen) atoms. The number of benzene rings is 2. The van der Waals surface area contributed by atoms with E-state index >= 15 is 0 Å². The lowest BCUT2D eigenvalue weighted by Crippen LogP contribution is -2.13. The third-order valence-corrected chi connectivity index (χ3v) is 3.11. The molecule has 0 aliphatic carbocycles. The number of carbonyl (C=O) groups excluding carboxylic acids is 1. The topological polar surface area (TPSA) is 44.8 Å². The quantitative estimate of drug-likeness (QED) is 0.765. The van der Waals surface area contributed by atoms with Crippen molar-refractivity contribution in [2.75, 3.05) is 20.8 Å². The molecule has 0 aliphatic heterocycles. The molecular formula is C16H15ClO4. The Labute approximate surface area is 128 Å². The zero-order valence-electron chi connectivity index (χ0n) is 11.8. The number of carbonyl (C=O) groups is 1. The summed E-state index contributed by atoms with van der Waals surface area (Å²) in [6.45, 7) is -0.107.